The largest absolute Gasteiger partial charge is 0.497 e. The molecule has 3 heterocycles. The second kappa shape index (κ2) is 8.22. The highest BCUT2D eigenvalue weighted by molar-refractivity contribution is 6.13. The number of methoxy groups -OCH3 is 1. The number of anilines is 1. The summed E-state index contributed by atoms with van der Waals surface area (Å²) in [5, 5.41) is 0.950. The second-order valence-electron chi connectivity index (χ2n) is 7.71. The molecule has 0 radical (unpaired) electrons. The Morgan fingerprint density at radius 1 is 1.03 bits per heavy atom. The lowest BCUT2D eigenvalue weighted by molar-refractivity contribution is -0.129. The van der Waals surface area contributed by atoms with E-state index >= 15 is 0 Å². The molecule has 31 heavy (non-hydrogen) atoms. The quantitative estimate of drug-likeness (QED) is 0.463. The maximum Gasteiger partial charge on any atom is 0.363 e. The van der Waals surface area contributed by atoms with Gasteiger partial charge in [-0.25, -0.2) is 14.8 Å². The van der Waals surface area contributed by atoms with Crippen molar-refractivity contribution in [2.75, 3.05) is 25.1 Å². The summed E-state index contributed by atoms with van der Waals surface area (Å²) in [6.07, 6.45) is 5.29. The van der Waals surface area contributed by atoms with Gasteiger partial charge in [0.1, 0.15) is 11.6 Å². The Bertz CT molecular complexity index is 1200. The molecule has 1 aromatic heterocycles. The molecule has 3 aromatic rings. The van der Waals surface area contributed by atoms with Gasteiger partial charge in [-0.2, -0.15) is 0 Å². The first-order valence-electron chi connectivity index (χ1n) is 10.5. The van der Waals surface area contributed by atoms with E-state index in [4.69, 9.17) is 14.5 Å². The lowest BCUT2D eigenvalue weighted by Gasteiger charge is -2.29. The Kier molecular flexibility index (Phi) is 5.12. The number of pyridine rings is 1. The van der Waals surface area contributed by atoms with Crippen LogP contribution in [0.15, 0.2) is 65.3 Å². The molecule has 1 saturated heterocycles. The number of rotatable bonds is 4. The third kappa shape index (κ3) is 3.89. The zero-order chi connectivity index (χ0) is 21.2. The third-order valence-electron chi connectivity index (χ3n) is 5.62. The molecule has 5 rings (SSSR count). The Hall–Kier alpha value is -3.67. The Morgan fingerprint density at radius 2 is 1.84 bits per heavy atom. The number of piperidine rings is 1. The number of cyclic esters (lactones) is 1. The van der Waals surface area contributed by atoms with Crippen molar-refractivity contribution in [2.24, 2.45) is 4.99 Å². The number of aliphatic imine (C=N–C) groups is 1. The molecule has 0 N–H and O–H groups in total. The van der Waals surface area contributed by atoms with E-state index in [9.17, 15) is 4.79 Å². The summed E-state index contributed by atoms with van der Waals surface area (Å²) in [6.45, 7) is 1.90. The number of esters is 1. The van der Waals surface area contributed by atoms with Crippen molar-refractivity contribution in [1.29, 1.82) is 0 Å². The molecule has 1 fully saturated rings. The van der Waals surface area contributed by atoms with Crippen LogP contribution in [0, 0.1) is 0 Å². The number of ether oxygens (including phenoxy) is 2. The molecule has 0 spiro atoms. The van der Waals surface area contributed by atoms with Crippen molar-refractivity contribution in [2.45, 2.75) is 19.3 Å². The summed E-state index contributed by atoms with van der Waals surface area (Å²) >= 11 is 0. The lowest BCUT2D eigenvalue weighted by Crippen LogP contribution is -2.30. The van der Waals surface area contributed by atoms with Gasteiger partial charge in [0.05, 0.1) is 12.6 Å². The highest BCUT2D eigenvalue weighted by Crippen LogP contribution is 2.31. The van der Waals surface area contributed by atoms with E-state index in [2.05, 4.69) is 9.89 Å². The number of aromatic nitrogens is 1. The molecular weight excluding hydrogens is 390 g/mol. The van der Waals surface area contributed by atoms with Crippen molar-refractivity contribution in [3.05, 3.63) is 71.4 Å². The van der Waals surface area contributed by atoms with Gasteiger partial charge in [-0.05, 0) is 61.7 Å². The normalized spacial score (nSPS) is 17.7. The zero-order valence-corrected chi connectivity index (χ0v) is 17.4. The fourth-order valence-corrected chi connectivity index (χ4v) is 4.01. The lowest BCUT2D eigenvalue weighted by atomic mass is 10.1. The maximum atomic E-state index is 12.6. The summed E-state index contributed by atoms with van der Waals surface area (Å²) in [7, 11) is 1.65. The number of nitrogens with zero attached hydrogens (tertiary/aromatic N) is 3. The molecule has 156 valence electrons. The Labute approximate surface area is 180 Å². The topological polar surface area (TPSA) is 64.0 Å². The number of carbonyl (C=O) groups excluding carboxylic acids is 1. The van der Waals surface area contributed by atoms with Crippen molar-refractivity contribution >= 4 is 34.7 Å². The van der Waals surface area contributed by atoms with Crippen LogP contribution in [-0.2, 0) is 9.53 Å². The molecule has 0 saturated carbocycles. The van der Waals surface area contributed by atoms with Gasteiger partial charge in [0.25, 0.3) is 0 Å². The van der Waals surface area contributed by atoms with E-state index in [1.54, 1.807) is 13.2 Å². The molecule has 0 atom stereocenters. The van der Waals surface area contributed by atoms with Gasteiger partial charge in [-0.1, -0.05) is 18.2 Å². The van der Waals surface area contributed by atoms with E-state index in [-0.39, 0.29) is 5.70 Å². The standard InChI is InChI=1S/C25H23N3O3/c1-30-20-10-11-21-18(15-20)14-19(23(26-21)28-12-6-3-7-13-28)16-22-25(29)31-24(27-22)17-8-4-2-5-9-17/h2,4-5,8-11,14-16H,3,6-7,12-13H2,1H3/b22-16-. The molecule has 0 unspecified atom stereocenters. The van der Waals surface area contributed by atoms with Crippen LogP contribution in [0.4, 0.5) is 5.82 Å². The number of hydrogen-bond donors (Lipinski definition) is 0. The summed E-state index contributed by atoms with van der Waals surface area (Å²) < 4.78 is 10.8. The predicted octanol–water partition coefficient (Wildman–Crippen LogP) is 4.58. The van der Waals surface area contributed by atoms with Gasteiger partial charge in [0, 0.05) is 29.6 Å². The molecule has 2 aliphatic rings. The predicted molar refractivity (Wildman–Crippen MR) is 121 cm³/mol. The molecule has 2 aromatic carbocycles. The first-order valence-corrected chi connectivity index (χ1v) is 10.5. The zero-order valence-electron chi connectivity index (χ0n) is 17.4. The van der Waals surface area contributed by atoms with Crippen LogP contribution >= 0.6 is 0 Å². The van der Waals surface area contributed by atoms with Crippen LogP contribution in [0.25, 0.3) is 17.0 Å². The van der Waals surface area contributed by atoms with Gasteiger partial charge in [-0.3, -0.25) is 0 Å². The van der Waals surface area contributed by atoms with Crippen molar-refractivity contribution in [3.63, 3.8) is 0 Å². The minimum Gasteiger partial charge on any atom is -0.497 e. The minimum atomic E-state index is -0.450. The first-order chi connectivity index (χ1) is 15.2. The van der Waals surface area contributed by atoms with Crippen LogP contribution in [0.5, 0.6) is 5.75 Å². The van der Waals surface area contributed by atoms with Crippen LogP contribution in [-0.4, -0.2) is 37.1 Å². The van der Waals surface area contributed by atoms with Crippen LogP contribution in [0.2, 0.25) is 0 Å². The molecule has 6 nitrogen and oxygen atoms in total. The molecular formula is C25H23N3O3. The molecule has 0 amide bonds. The fraction of sp³-hybridized carbons (Fsp3) is 0.240. The third-order valence-corrected chi connectivity index (χ3v) is 5.62. The highest BCUT2D eigenvalue weighted by Gasteiger charge is 2.25. The van der Waals surface area contributed by atoms with Crippen LogP contribution in [0.1, 0.15) is 30.4 Å². The number of hydrogen-bond acceptors (Lipinski definition) is 6. The number of benzene rings is 2. The molecule has 6 heteroatoms. The number of carbonyl (C=O) groups is 1. The second-order valence-corrected chi connectivity index (χ2v) is 7.71. The maximum absolute atomic E-state index is 12.6. The van der Waals surface area contributed by atoms with E-state index in [1.165, 1.54) is 6.42 Å². The van der Waals surface area contributed by atoms with Crippen molar-refractivity contribution < 1.29 is 14.3 Å². The van der Waals surface area contributed by atoms with Gasteiger partial charge in [-0.15, -0.1) is 0 Å². The Morgan fingerprint density at radius 3 is 2.61 bits per heavy atom. The SMILES string of the molecule is COc1ccc2nc(N3CCCCC3)c(/C=C3\N=C(c4ccccc4)OC3=O)cc2c1. The highest BCUT2D eigenvalue weighted by atomic mass is 16.6. The van der Waals surface area contributed by atoms with E-state index in [0.29, 0.717) is 5.90 Å². The summed E-state index contributed by atoms with van der Waals surface area (Å²) in [4.78, 5) is 24.3. The first kappa shape index (κ1) is 19.3. The summed E-state index contributed by atoms with van der Waals surface area (Å²) in [5.74, 6) is 1.52. The number of fused-ring (bicyclic) bond motifs is 1. The van der Waals surface area contributed by atoms with Crippen molar-refractivity contribution in [3.8, 4) is 5.75 Å². The minimum absolute atomic E-state index is 0.279. The van der Waals surface area contributed by atoms with Gasteiger partial charge >= 0.3 is 5.97 Å². The van der Waals surface area contributed by atoms with Crippen LogP contribution < -0.4 is 9.64 Å². The monoisotopic (exact) mass is 413 g/mol. The van der Waals surface area contributed by atoms with Gasteiger partial charge in [0.15, 0.2) is 5.70 Å². The van der Waals surface area contributed by atoms with E-state index < -0.39 is 5.97 Å². The summed E-state index contributed by atoms with van der Waals surface area (Å²) in [6, 6.07) is 17.3. The van der Waals surface area contributed by atoms with E-state index in [0.717, 1.165) is 59.5 Å². The van der Waals surface area contributed by atoms with Gasteiger partial charge in [0.2, 0.25) is 5.90 Å². The van der Waals surface area contributed by atoms with Gasteiger partial charge < -0.3 is 14.4 Å². The Balaban J connectivity index is 1.61. The smallest absolute Gasteiger partial charge is 0.363 e. The van der Waals surface area contributed by atoms with E-state index in [1.807, 2.05) is 54.6 Å². The summed E-state index contributed by atoms with van der Waals surface area (Å²) in [5.41, 5.74) is 2.80. The molecule has 0 aliphatic carbocycles. The van der Waals surface area contributed by atoms with Crippen molar-refractivity contribution in [1.82, 2.24) is 4.98 Å². The average Bonchev–Trinajstić information content (AvgIpc) is 3.19. The van der Waals surface area contributed by atoms with Crippen LogP contribution in [0.3, 0.4) is 0 Å². The molecule has 2 aliphatic heterocycles. The average molecular weight is 413 g/mol. The molecule has 0 bridgehead atoms. The fourth-order valence-electron chi connectivity index (χ4n) is 4.01.